The largest absolute Gasteiger partial charge is 0.497 e. The van der Waals surface area contributed by atoms with Crippen molar-refractivity contribution >= 4 is 29.0 Å². The number of imide groups is 1. The van der Waals surface area contributed by atoms with Crippen LogP contribution in [0.2, 0.25) is 0 Å². The van der Waals surface area contributed by atoms with Crippen molar-refractivity contribution in [3.8, 4) is 22.7 Å². The minimum Gasteiger partial charge on any atom is -0.497 e. The first-order valence-electron chi connectivity index (χ1n) is 9.15. The van der Waals surface area contributed by atoms with Crippen LogP contribution in [0, 0.1) is 0 Å². The van der Waals surface area contributed by atoms with Crippen LogP contribution in [0.25, 0.3) is 23.0 Å². The van der Waals surface area contributed by atoms with Gasteiger partial charge in [0.25, 0.3) is 11.1 Å². The van der Waals surface area contributed by atoms with Crippen molar-refractivity contribution in [2.75, 3.05) is 13.7 Å². The molecular formula is C22H19N3O3S. The summed E-state index contributed by atoms with van der Waals surface area (Å²) in [6.07, 6.45) is 3.61. The molecule has 7 heteroatoms. The highest BCUT2D eigenvalue weighted by atomic mass is 32.2. The molecule has 0 saturated carbocycles. The number of likely N-dealkylation sites (N-methyl/N-ethyl adjacent to an activating group) is 1. The molecule has 2 amide bonds. The van der Waals surface area contributed by atoms with Gasteiger partial charge in [-0.3, -0.25) is 14.5 Å². The van der Waals surface area contributed by atoms with Crippen molar-refractivity contribution in [2.45, 2.75) is 6.92 Å². The highest BCUT2D eigenvalue weighted by Crippen LogP contribution is 2.34. The van der Waals surface area contributed by atoms with Crippen molar-refractivity contribution in [3.63, 3.8) is 0 Å². The van der Waals surface area contributed by atoms with E-state index in [1.54, 1.807) is 24.8 Å². The molecule has 0 atom stereocenters. The van der Waals surface area contributed by atoms with E-state index in [0.29, 0.717) is 11.4 Å². The van der Waals surface area contributed by atoms with Gasteiger partial charge in [0.2, 0.25) is 0 Å². The normalized spacial score (nSPS) is 15.4. The van der Waals surface area contributed by atoms with Crippen LogP contribution in [0.4, 0.5) is 4.79 Å². The summed E-state index contributed by atoms with van der Waals surface area (Å²) in [5.74, 6) is 0.484. The third-order valence-corrected chi connectivity index (χ3v) is 5.51. The lowest BCUT2D eigenvalue weighted by molar-refractivity contribution is -0.122. The van der Waals surface area contributed by atoms with Crippen molar-refractivity contribution in [2.24, 2.45) is 0 Å². The molecular weight excluding hydrogens is 386 g/mol. The summed E-state index contributed by atoms with van der Waals surface area (Å²) >= 11 is 0.958. The molecule has 0 unspecified atom stereocenters. The first kappa shape index (κ1) is 19.0. The Bertz CT molecular complexity index is 1090. The van der Waals surface area contributed by atoms with Crippen LogP contribution in [-0.2, 0) is 4.79 Å². The third-order valence-electron chi connectivity index (χ3n) is 4.60. The second kappa shape index (κ2) is 7.97. The van der Waals surface area contributed by atoms with Gasteiger partial charge in [-0.25, -0.2) is 4.68 Å². The molecule has 2 heterocycles. The minimum atomic E-state index is -0.268. The van der Waals surface area contributed by atoms with E-state index in [0.717, 1.165) is 40.0 Å². The Morgan fingerprint density at radius 2 is 1.79 bits per heavy atom. The van der Waals surface area contributed by atoms with Gasteiger partial charge in [0.15, 0.2) is 0 Å². The number of carbonyl (C=O) groups is 2. The Balaban J connectivity index is 1.81. The molecule has 6 nitrogen and oxygen atoms in total. The van der Waals surface area contributed by atoms with E-state index in [2.05, 4.69) is 0 Å². The number of hydrogen-bond acceptors (Lipinski definition) is 5. The molecule has 29 heavy (non-hydrogen) atoms. The maximum absolute atomic E-state index is 12.5. The second-order valence-corrected chi connectivity index (χ2v) is 7.36. The number of methoxy groups -OCH3 is 1. The fourth-order valence-electron chi connectivity index (χ4n) is 3.09. The molecule has 0 spiro atoms. The van der Waals surface area contributed by atoms with E-state index in [-0.39, 0.29) is 11.1 Å². The zero-order chi connectivity index (χ0) is 20.4. The quantitative estimate of drug-likeness (QED) is 0.580. The Kier molecular flexibility index (Phi) is 5.22. The smallest absolute Gasteiger partial charge is 0.293 e. The Morgan fingerprint density at radius 1 is 1.07 bits per heavy atom. The van der Waals surface area contributed by atoms with Crippen molar-refractivity contribution in [3.05, 3.63) is 71.3 Å². The van der Waals surface area contributed by atoms with Gasteiger partial charge in [-0.1, -0.05) is 18.2 Å². The number of aromatic nitrogens is 2. The summed E-state index contributed by atoms with van der Waals surface area (Å²) < 4.78 is 7.01. The van der Waals surface area contributed by atoms with Gasteiger partial charge in [0.05, 0.1) is 23.4 Å². The average Bonchev–Trinajstić information content (AvgIpc) is 3.29. The first-order valence-corrected chi connectivity index (χ1v) is 9.97. The number of thioether (sulfide) groups is 1. The molecule has 1 aliphatic heterocycles. The number of hydrogen-bond donors (Lipinski definition) is 0. The number of amides is 2. The SMILES string of the molecule is CCN1C(=O)S/C(=C\c2cn(-c3ccccc3)nc2-c2ccc(OC)cc2)C1=O. The lowest BCUT2D eigenvalue weighted by atomic mass is 10.1. The number of para-hydroxylation sites is 1. The molecule has 146 valence electrons. The van der Waals surface area contributed by atoms with Crippen LogP contribution >= 0.6 is 11.8 Å². The summed E-state index contributed by atoms with van der Waals surface area (Å²) in [7, 11) is 1.62. The van der Waals surface area contributed by atoms with E-state index >= 15 is 0 Å². The lowest BCUT2D eigenvalue weighted by Gasteiger charge is -2.07. The highest BCUT2D eigenvalue weighted by molar-refractivity contribution is 8.18. The number of rotatable bonds is 5. The van der Waals surface area contributed by atoms with E-state index < -0.39 is 0 Å². The van der Waals surface area contributed by atoms with Crippen LogP contribution in [-0.4, -0.2) is 39.5 Å². The Labute approximate surface area is 172 Å². The second-order valence-electron chi connectivity index (χ2n) is 6.37. The summed E-state index contributed by atoms with van der Waals surface area (Å²) in [5.41, 5.74) is 3.28. The van der Waals surface area contributed by atoms with Crippen molar-refractivity contribution in [1.82, 2.24) is 14.7 Å². The Morgan fingerprint density at radius 3 is 2.41 bits per heavy atom. The maximum Gasteiger partial charge on any atom is 0.293 e. The molecule has 2 aromatic carbocycles. The van der Waals surface area contributed by atoms with E-state index in [1.165, 1.54) is 4.90 Å². The molecule has 0 radical (unpaired) electrons. The first-order chi connectivity index (χ1) is 14.1. The zero-order valence-electron chi connectivity index (χ0n) is 16.0. The molecule has 0 N–H and O–H groups in total. The number of nitrogens with zero attached hydrogens (tertiary/aromatic N) is 3. The van der Waals surface area contributed by atoms with Crippen LogP contribution in [0.15, 0.2) is 65.7 Å². The van der Waals surface area contributed by atoms with Gasteiger partial charge < -0.3 is 4.74 Å². The summed E-state index contributed by atoms with van der Waals surface area (Å²) in [6.45, 7) is 2.14. The standard InChI is InChI=1S/C22H19N3O3S/c1-3-24-21(26)19(29-22(24)27)13-16-14-25(17-7-5-4-6-8-17)23-20(16)15-9-11-18(28-2)12-10-15/h4-14H,3H2,1-2H3/b19-13-. The van der Waals surface area contributed by atoms with Crippen LogP contribution in [0.3, 0.4) is 0 Å². The predicted molar refractivity (Wildman–Crippen MR) is 114 cm³/mol. The van der Waals surface area contributed by atoms with Gasteiger partial charge in [-0.2, -0.15) is 5.10 Å². The maximum atomic E-state index is 12.5. The average molecular weight is 405 g/mol. The Hall–Kier alpha value is -3.32. The van der Waals surface area contributed by atoms with Crippen molar-refractivity contribution < 1.29 is 14.3 Å². The molecule has 0 bridgehead atoms. The number of benzene rings is 2. The van der Waals surface area contributed by atoms with E-state index in [4.69, 9.17) is 9.84 Å². The van der Waals surface area contributed by atoms with E-state index in [1.807, 2.05) is 60.8 Å². The van der Waals surface area contributed by atoms with Crippen LogP contribution < -0.4 is 4.74 Å². The number of carbonyl (C=O) groups excluding carboxylic acids is 2. The molecule has 0 aliphatic carbocycles. The van der Waals surface area contributed by atoms with Crippen LogP contribution in [0.1, 0.15) is 12.5 Å². The molecule has 1 fully saturated rings. The minimum absolute atomic E-state index is 0.245. The number of ether oxygens (including phenoxy) is 1. The fraction of sp³-hybridized carbons (Fsp3) is 0.136. The van der Waals surface area contributed by atoms with Gasteiger partial charge in [0, 0.05) is 23.9 Å². The summed E-state index contributed by atoms with van der Waals surface area (Å²) in [6, 6.07) is 17.3. The molecule has 4 rings (SSSR count). The lowest BCUT2D eigenvalue weighted by Crippen LogP contribution is -2.27. The zero-order valence-corrected chi connectivity index (χ0v) is 16.8. The molecule has 1 aromatic heterocycles. The molecule has 1 saturated heterocycles. The highest BCUT2D eigenvalue weighted by Gasteiger charge is 2.34. The van der Waals surface area contributed by atoms with Crippen molar-refractivity contribution in [1.29, 1.82) is 0 Å². The third kappa shape index (κ3) is 3.69. The van der Waals surface area contributed by atoms with Gasteiger partial charge >= 0.3 is 0 Å². The predicted octanol–water partition coefficient (Wildman–Crippen LogP) is 4.60. The monoisotopic (exact) mass is 405 g/mol. The van der Waals surface area contributed by atoms with E-state index in [9.17, 15) is 9.59 Å². The van der Waals surface area contributed by atoms with Gasteiger partial charge in [-0.15, -0.1) is 0 Å². The van der Waals surface area contributed by atoms with Crippen LogP contribution in [0.5, 0.6) is 5.75 Å². The summed E-state index contributed by atoms with van der Waals surface area (Å²) in [5, 5.41) is 4.50. The molecule has 1 aliphatic rings. The van der Waals surface area contributed by atoms with Gasteiger partial charge in [0.1, 0.15) is 5.75 Å². The summed E-state index contributed by atoms with van der Waals surface area (Å²) in [4.78, 5) is 26.2. The topological polar surface area (TPSA) is 64.4 Å². The molecule has 3 aromatic rings. The fourth-order valence-corrected chi connectivity index (χ4v) is 3.99. The van der Waals surface area contributed by atoms with Gasteiger partial charge in [-0.05, 0) is 61.2 Å².